The van der Waals surface area contributed by atoms with Gasteiger partial charge in [-0.05, 0) is 42.5 Å². The first-order chi connectivity index (χ1) is 18.6. The first-order valence-electron chi connectivity index (χ1n) is 12.1. The number of fused-ring (bicyclic) bond motifs is 8. The number of aliphatic hydroxyl groups is 1. The van der Waals surface area contributed by atoms with Crippen molar-refractivity contribution in [3.63, 3.8) is 0 Å². The zero-order chi connectivity index (χ0) is 26.3. The first-order valence-corrected chi connectivity index (χ1v) is 14.6. The maximum absolute atomic E-state index is 13.1. The molecule has 194 valence electrons. The molecule has 3 N–H and O–H groups in total. The number of rotatable bonds is 8. The van der Waals surface area contributed by atoms with E-state index >= 15 is 0 Å². The average molecular weight is 548 g/mol. The fourth-order valence-corrected chi connectivity index (χ4v) is 6.76. The molecule has 38 heavy (non-hydrogen) atoms. The van der Waals surface area contributed by atoms with Crippen LogP contribution >= 0.6 is 21.6 Å². The van der Waals surface area contributed by atoms with E-state index in [1.165, 1.54) is 0 Å². The van der Waals surface area contributed by atoms with Gasteiger partial charge in [0.05, 0.1) is 31.3 Å². The van der Waals surface area contributed by atoms with Crippen LogP contribution in [0.5, 0.6) is 23.0 Å². The number of nitrogens with two attached hydrogens (primary N) is 1. The normalized spacial score (nSPS) is 16.9. The van der Waals surface area contributed by atoms with Crippen LogP contribution in [0.3, 0.4) is 0 Å². The van der Waals surface area contributed by atoms with Gasteiger partial charge >= 0.3 is 5.97 Å². The number of ether oxygens (including phenoxy) is 4. The molecule has 2 aliphatic heterocycles. The number of carbonyl (C=O) groups is 1. The van der Waals surface area contributed by atoms with Crippen molar-refractivity contribution in [1.82, 2.24) is 0 Å². The second-order valence-corrected chi connectivity index (χ2v) is 11.5. The molecule has 1 unspecified atom stereocenters. The van der Waals surface area contributed by atoms with Gasteiger partial charge in [-0.1, -0.05) is 39.8 Å². The molecule has 0 bridgehead atoms. The molecule has 2 aliphatic rings. The second-order valence-electron chi connectivity index (χ2n) is 8.82. The Morgan fingerprint density at radius 3 is 2.58 bits per heavy atom. The van der Waals surface area contributed by atoms with E-state index in [1.54, 1.807) is 46.9 Å². The Morgan fingerprint density at radius 2 is 1.74 bits per heavy atom. The molecule has 0 saturated heterocycles. The molecule has 6 rings (SSSR count). The van der Waals surface area contributed by atoms with Crippen molar-refractivity contribution in [1.29, 1.82) is 0 Å². The number of anilines is 1. The van der Waals surface area contributed by atoms with Gasteiger partial charge < -0.3 is 29.8 Å². The third kappa shape index (κ3) is 3.84. The van der Waals surface area contributed by atoms with E-state index in [4.69, 9.17) is 29.8 Å². The third-order valence-electron chi connectivity index (χ3n) is 6.71. The smallest absolute Gasteiger partial charge is 0.340 e. The highest BCUT2D eigenvalue weighted by atomic mass is 33.1. The zero-order valence-electron chi connectivity index (χ0n) is 20.6. The summed E-state index contributed by atoms with van der Waals surface area (Å²) in [5.74, 6) is 3.40. The van der Waals surface area contributed by atoms with Gasteiger partial charge in [-0.25, -0.2) is 4.79 Å². The van der Waals surface area contributed by atoms with Gasteiger partial charge in [0.2, 0.25) is 0 Å². The number of hydrogen-bond donors (Lipinski definition) is 2. The number of methoxy groups -OCH3 is 1. The summed E-state index contributed by atoms with van der Waals surface area (Å²) in [5, 5.41) is 10.5. The Balaban J connectivity index is 1.53. The van der Waals surface area contributed by atoms with Crippen LogP contribution < -0.4 is 19.9 Å². The second kappa shape index (κ2) is 9.98. The lowest BCUT2D eigenvalue weighted by Gasteiger charge is -2.37. The summed E-state index contributed by atoms with van der Waals surface area (Å²) >= 11 is 0. The van der Waals surface area contributed by atoms with Crippen LogP contribution in [0.4, 0.5) is 5.69 Å². The van der Waals surface area contributed by atoms with Crippen LogP contribution in [0.25, 0.3) is 10.8 Å². The van der Waals surface area contributed by atoms with Crippen LogP contribution in [-0.2, 0) is 10.3 Å². The number of esters is 1. The van der Waals surface area contributed by atoms with Gasteiger partial charge in [0.15, 0.2) is 5.60 Å². The van der Waals surface area contributed by atoms with Crippen molar-refractivity contribution in [2.75, 3.05) is 37.6 Å². The largest absolute Gasteiger partial charge is 0.496 e. The van der Waals surface area contributed by atoms with Crippen molar-refractivity contribution in [3.05, 3.63) is 89.0 Å². The van der Waals surface area contributed by atoms with E-state index in [0.717, 1.165) is 22.1 Å². The van der Waals surface area contributed by atoms with Crippen LogP contribution in [0.1, 0.15) is 27.0 Å². The van der Waals surface area contributed by atoms with E-state index in [-0.39, 0.29) is 6.61 Å². The predicted molar refractivity (Wildman–Crippen MR) is 151 cm³/mol. The molecule has 2 heterocycles. The van der Waals surface area contributed by atoms with Gasteiger partial charge in [-0.3, -0.25) is 0 Å². The van der Waals surface area contributed by atoms with Crippen molar-refractivity contribution in [2.45, 2.75) is 5.60 Å². The first kappa shape index (κ1) is 24.8. The minimum Gasteiger partial charge on any atom is -0.496 e. The van der Waals surface area contributed by atoms with Crippen molar-refractivity contribution < 1.29 is 28.8 Å². The highest BCUT2D eigenvalue weighted by Crippen LogP contribution is 2.59. The number of aliphatic hydroxyl groups excluding tert-OH is 1. The topological polar surface area (TPSA) is 100 Å². The summed E-state index contributed by atoms with van der Waals surface area (Å²) in [6, 6.07) is 20.5. The van der Waals surface area contributed by atoms with Gasteiger partial charge in [0.25, 0.3) is 0 Å². The monoisotopic (exact) mass is 547 g/mol. The van der Waals surface area contributed by atoms with Gasteiger partial charge in [0, 0.05) is 45.3 Å². The van der Waals surface area contributed by atoms with E-state index in [9.17, 15) is 4.79 Å². The Labute approximate surface area is 227 Å². The lowest BCUT2D eigenvalue weighted by Crippen LogP contribution is -2.33. The minimum absolute atomic E-state index is 0.156. The summed E-state index contributed by atoms with van der Waals surface area (Å²) in [6.07, 6.45) is 0. The summed E-state index contributed by atoms with van der Waals surface area (Å²) < 4.78 is 24.7. The lowest BCUT2D eigenvalue weighted by molar-refractivity contribution is 0.0225. The van der Waals surface area contributed by atoms with Crippen molar-refractivity contribution in [2.24, 2.45) is 0 Å². The SMILES string of the molecule is COc1ccc(OCCSSCCO)c2ccc3c(c12)Oc1cc(N)ccc1C31OC(=O)c2ccccc21. The molecular weight excluding hydrogens is 522 g/mol. The number of benzene rings is 4. The Hall–Kier alpha value is -3.53. The molecule has 0 aliphatic carbocycles. The van der Waals surface area contributed by atoms with Crippen LogP contribution in [0, 0.1) is 0 Å². The maximum Gasteiger partial charge on any atom is 0.340 e. The Kier molecular flexibility index (Phi) is 6.51. The number of carbonyl (C=O) groups excluding carboxylic acids is 1. The summed E-state index contributed by atoms with van der Waals surface area (Å²) in [7, 11) is 4.88. The highest BCUT2D eigenvalue weighted by molar-refractivity contribution is 8.76. The van der Waals surface area contributed by atoms with Crippen LogP contribution in [0.2, 0.25) is 0 Å². The molecule has 4 aromatic rings. The molecule has 9 heteroatoms. The van der Waals surface area contributed by atoms with E-state index < -0.39 is 11.6 Å². The standard InChI is InChI=1S/C29H25NO6S2/c1-33-24-11-10-23(34-13-15-38-37-14-12-31)19-7-9-22-27(26(19)24)35-25-16-17(30)6-8-21(25)29(22)20-5-3-2-4-18(20)28(32)36-29/h2-11,16,31H,12-15,30H2,1H3. The Morgan fingerprint density at radius 1 is 0.947 bits per heavy atom. The van der Waals surface area contributed by atoms with E-state index in [0.29, 0.717) is 57.7 Å². The fraction of sp³-hybridized carbons (Fsp3) is 0.207. The van der Waals surface area contributed by atoms with Crippen molar-refractivity contribution >= 4 is 44.0 Å². The van der Waals surface area contributed by atoms with Crippen LogP contribution in [0.15, 0.2) is 66.7 Å². The molecule has 1 atom stereocenters. The van der Waals surface area contributed by atoms with E-state index in [2.05, 4.69) is 0 Å². The quantitative estimate of drug-likeness (QED) is 0.124. The summed E-state index contributed by atoms with van der Waals surface area (Å²) in [5.41, 5.74) is 8.17. The number of hydrogen-bond acceptors (Lipinski definition) is 9. The minimum atomic E-state index is -1.19. The van der Waals surface area contributed by atoms with Crippen LogP contribution in [-0.4, -0.2) is 42.9 Å². The molecule has 1 spiro atoms. The fourth-order valence-electron chi connectivity index (χ4n) is 5.16. The number of nitrogen functional groups attached to an aromatic ring is 1. The molecule has 0 saturated carbocycles. The average Bonchev–Trinajstić information content (AvgIpc) is 3.23. The molecule has 0 amide bonds. The van der Waals surface area contributed by atoms with Gasteiger partial charge in [0.1, 0.15) is 23.0 Å². The summed E-state index contributed by atoms with van der Waals surface area (Å²) in [4.78, 5) is 13.1. The molecular formula is C29H25NO6S2. The molecule has 0 aromatic heterocycles. The maximum atomic E-state index is 13.1. The zero-order valence-corrected chi connectivity index (χ0v) is 22.2. The third-order valence-corrected chi connectivity index (χ3v) is 9.06. The van der Waals surface area contributed by atoms with E-state index in [1.807, 2.05) is 48.5 Å². The van der Waals surface area contributed by atoms with Crippen molar-refractivity contribution in [3.8, 4) is 23.0 Å². The van der Waals surface area contributed by atoms with Gasteiger partial charge in [-0.2, -0.15) is 0 Å². The highest BCUT2D eigenvalue weighted by Gasteiger charge is 2.54. The summed E-state index contributed by atoms with van der Waals surface area (Å²) in [6.45, 7) is 0.652. The molecule has 0 radical (unpaired) electrons. The van der Waals surface area contributed by atoms with Gasteiger partial charge in [-0.15, -0.1) is 0 Å². The lowest BCUT2D eigenvalue weighted by atomic mass is 9.77. The molecule has 4 aromatic carbocycles. The predicted octanol–water partition coefficient (Wildman–Crippen LogP) is 5.75. The molecule has 7 nitrogen and oxygen atoms in total. The Bertz CT molecular complexity index is 1560. The molecule has 0 fully saturated rings.